The lowest BCUT2D eigenvalue weighted by Crippen LogP contribution is -2.60. The highest BCUT2D eigenvalue weighted by atomic mass is 32.2. The summed E-state index contributed by atoms with van der Waals surface area (Å²) in [6.07, 6.45) is 0.508. The van der Waals surface area contributed by atoms with E-state index in [1.807, 2.05) is 0 Å². The molecule has 2 N–H and O–H groups in total. The molecule has 9 heteroatoms. The predicted molar refractivity (Wildman–Crippen MR) is 83.2 cm³/mol. The smallest absolute Gasteiger partial charge is 0.357 e. The molecule has 1 aromatic heterocycles. The number of hydrogen-bond donors (Lipinski definition) is 2. The van der Waals surface area contributed by atoms with Crippen LogP contribution in [0.2, 0.25) is 0 Å². The number of aliphatic carboxylic acids is 1. The SMILES string of the molecule is COC(=O)c1ncccc1C1(C(=O)O)CN2C(=O)[C@H]([C@@H](C)O)[C@H]2S1. The quantitative estimate of drug-likeness (QED) is 0.577. The fourth-order valence-electron chi connectivity index (χ4n) is 3.16. The third-order valence-electron chi connectivity index (χ3n) is 4.38. The molecule has 2 aliphatic heterocycles. The molecule has 1 unspecified atom stereocenters. The van der Waals surface area contributed by atoms with E-state index in [-0.39, 0.29) is 23.7 Å². The third-order valence-corrected chi connectivity index (χ3v) is 6.10. The van der Waals surface area contributed by atoms with Gasteiger partial charge < -0.3 is 19.8 Å². The van der Waals surface area contributed by atoms with Crippen LogP contribution in [0.4, 0.5) is 0 Å². The number of hydrogen-bond acceptors (Lipinski definition) is 7. The van der Waals surface area contributed by atoms with Crippen LogP contribution in [0.1, 0.15) is 23.0 Å². The van der Waals surface area contributed by atoms with Gasteiger partial charge in [0.2, 0.25) is 5.91 Å². The fourth-order valence-corrected chi connectivity index (χ4v) is 4.97. The lowest BCUT2D eigenvalue weighted by atomic mass is 9.90. The molecule has 2 saturated heterocycles. The van der Waals surface area contributed by atoms with Gasteiger partial charge in [0, 0.05) is 11.8 Å². The summed E-state index contributed by atoms with van der Waals surface area (Å²) in [4.78, 5) is 41.6. The van der Waals surface area contributed by atoms with Gasteiger partial charge in [0.25, 0.3) is 0 Å². The summed E-state index contributed by atoms with van der Waals surface area (Å²) in [6, 6.07) is 3.05. The van der Waals surface area contributed by atoms with Crippen molar-refractivity contribution in [3.63, 3.8) is 0 Å². The zero-order valence-electron chi connectivity index (χ0n) is 13.0. The molecule has 0 spiro atoms. The third kappa shape index (κ3) is 2.19. The molecule has 1 aromatic rings. The Hall–Kier alpha value is -2.13. The number of carboxylic acid groups (broad SMARTS) is 1. The van der Waals surface area contributed by atoms with Gasteiger partial charge in [0.15, 0.2) is 10.4 Å². The van der Waals surface area contributed by atoms with Crippen LogP contribution in [0.5, 0.6) is 0 Å². The van der Waals surface area contributed by atoms with Gasteiger partial charge in [0.1, 0.15) is 0 Å². The molecule has 0 saturated carbocycles. The van der Waals surface area contributed by atoms with E-state index < -0.39 is 34.1 Å². The van der Waals surface area contributed by atoms with Gasteiger partial charge in [0.05, 0.1) is 31.1 Å². The van der Waals surface area contributed by atoms with Crippen molar-refractivity contribution in [2.45, 2.75) is 23.1 Å². The summed E-state index contributed by atoms with van der Waals surface area (Å²) in [5.41, 5.74) is 0.110. The highest BCUT2D eigenvalue weighted by Crippen LogP contribution is 2.55. The second-order valence-electron chi connectivity index (χ2n) is 5.76. The summed E-state index contributed by atoms with van der Waals surface area (Å²) < 4.78 is 3.16. The second kappa shape index (κ2) is 5.75. The summed E-state index contributed by atoms with van der Waals surface area (Å²) in [7, 11) is 1.19. The van der Waals surface area contributed by atoms with Gasteiger partial charge >= 0.3 is 11.9 Å². The maximum absolute atomic E-state index is 12.2. The first-order chi connectivity index (χ1) is 11.3. The lowest BCUT2D eigenvalue weighted by molar-refractivity contribution is -0.156. The highest BCUT2D eigenvalue weighted by molar-refractivity contribution is 8.02. The van der Waals surface area contributed by atoms with E-state index in [1.54, 1.807) is 0 Å². The number of aliphatic hydroxyl groups excluding tert-OH is 1. The van der Waals surface area contributed by atoms with Crippen LogP contribution in [0, 0.1) is 5.92 Å². The van der Waals surface area contributed by atoms with Crippen LogP contribution in [0.15, 0.2) is 18.3 Å². The fraction of sp³-hybridized carbons (Fsp3) is 0.467. The number of aliphatic hydroxyl groups is 1. The van der Waals surface area contributed by atoms with Crippen LogP contribution in [0.3, 0.4) is 0 Å². The van der Waals surface area contributed by atoms with Gasteiger partial charge in [-0.25, -0.2) is 9.78 Å². The Morgan fingerprint density at radius 1 is 1.54 bits per heavy atom. The molecule has 2 aliphatic rings. The topological polar surface area (TPSA) is 117 Å². The van der Waals surface area contributed by atoms with Crippen LogP contribution in [-0.4, -0.2) is 63.1 Å². The van der Waals surface area contributed by atoms with Crippen LogP contribution >= 0.6 is 11.8 Å². The number of pyridine rings is 1. The minimum absolute atomic E-state index is 0.0848. The molecule has 0 bridgehead atoms. The largest absolute Gasteiger partial charge is 0.480 e. The van der Waals surface area contributed by atoms with E-state index in [1.165, 1.54) is 37.3 Å². The molecule has 0 radical (unpaired) electrons. The monoisotopic (exact) mass is 352 g/mol. The molecule has 8 nitrogen and oxygen atoms in total. The molecule has 4 atom stereocenters. The zero-order chi connectivity index (χ0) is 17.6. The van der Waals surface area contributed by atoms with E-state index >= 15 is 0 Å². The Bertz CT molecular complexity index is 724. The molecule has 3 heterocycles. The standard InChI is InChI=1S/C15H16N2O6S/c1-7(18)9-11(19)17-6-15(14(21)22,24-12(9)17)8-4-3-5-16-10(8)13(20)23-2/h3-5,7,9,12,18H,6H2,1-2H3,(H,21,22)/t7-,9+,12-,15?/m1/s1. The lowest BCUT2D eigenvalue weighted by Gasteiger charge is -2.42. The number of ether oxygens (including phenoxy) is 1. The summed E-state index contributed by atoms with van der Waals surface area (Å²) in [6.45, 7) is 1.42. The Morgan fingerprint density at radius 3 is 2.83 bits per heavy atom. The van der Waals surface area contributed by atoms with Gasteiger partial charge in [-0.3, -0.25) is 9.59 Å². The maximum Gasteiger partial charge on any atom is 0.357 e. The predicted octanol–water partition coefficient (Wildman–Crippen LogP) is 0.0602. The van der Waals surface area contributed by atoms with Gasteiger partial charge in [-0.05, 0) is 13.0 Å². The average molecular weight is 352 g/mol. The molecule has 24 heavy (non-hydrogen) atoms. The number of carboxylic acids is 1. The van der Waals surface area contributed by atoms with Crippen molar-refractivity contribution in [1.29, 1.82) is 0 Å². The number of fused-ring (bicyclic) bond motifs is 1. The first-order valence-corrected chi connectivity index (χ1v) is 8.15. The van der Waals surface area contributed by atoms with E-state index in [0.29, 0.717) is 0 Å². The number of methoxy groups -OCH3 is 1. The number of amides is 1. The highest BCUT2D eigenvalue weighted by Gasteiger charge is 2.64. The van der Waals surface area contributed by atoms with Crippen molar-refractivity contribution < 1.29 is 29.3 Å². The van der Waals surface area contributed by atoms with E-state index in [9.17, 15) is 24.6 Å². The van der Waals surface area contributed by atoms with Gasteiger partial charge in [-0.2, -0.15) is 0 Å². The number of thioether (sulfide) groups is 1. The Balaban J connectivity index is 2.06. The molecule has 2 fully saturated rings. The summed E-state index contributed by atoms with van der Waals surface area (Å²) >= 11 is 1.05. The number of carbonyl (C=O) groups excluding carboxylic acids is 2. The first kappa shape index (κ1) is 16.7. The molecule has 1 amide bonds. The van der Waals surface area contributed by atoms with Crippen molar-refractivity contribution in [2.75, 3.05) is 13.7 Å². The summed E-state index contributed by atoms with van der Waals surface area (Å²) in [5.74, 6) is -2.83. The first-order valence-electron chi connectivity index (χ1n) is 7.27. The molecule has 0 aliphatic carbocycles. The number of β-lactam (4-membered cyclic amide) rings is 1. The molecular formula is C15H16N2O6S. The average Bonchev–Trinajstić information content (AvgIpc) is 2.90. The van der Waals surface area contributed by atoms with Crippen LogP contribution in [-0.2, 0) is 19.1 Å². The van der Waals surface area contributed by atoms with E-state index in [2.05, 4.69) is 9.72 Å². The number of carbonyl (C=O) groups is 3. The molecular weight excluding hydrogens is 336 g/mol. The Labute approximate surface area is 141 Å². The van der Waals surface area contributed by atoms with Crippen molar-refractivity contribution in [3.8, 4) is 0 Å². The van der Waals surface area contributed by atoms with Crippen LogP contribution < -0.4 is 0 Å². The molecule has 128 valence electrons. The number of nitrogens with zero attached hydrogens (tertiary/aromatic N) is 2. The van der Waals surface area contributed by atoms with E-state index in [4.69, 9.17) is 0 Å². The van der Waals surface area contributed by atoms with Gasteiger partial charge in [-0.1, -0.05) is 6.07 Å². The normalized spacial score (nSPS) is 29.6. The maximum atomic E-state index is 12.2. The Kier molecular flexibility index (Phi) is 4.00. The van der Waals surface area contributed by atoms with E-state index in [0.717, 1.165) is 11.8 Å². The number of rotatable bonds is 4. The molecule has 0 aromatic carbocycles. The zero-order valence-corrected chi connectivity index (χ0v) is 13.8. The minimum Gasteiger partial charge on any atom is -0.480 e. The van der Waals surface area contributed by atoms with Crippen molar-refractivity contribution >= 4 is 29.6 Å². The Morgan fingerprint density at radius 2 is 2.25 bits per heavy atom. The number of aromatic nitrogens is 1. The second-order valence-corrected chi connectivity index (χ2v) is 7.18. The van der Waals surface area contributed by atoms with Gasteiger partial charge in [-0.15, -0.1) is 11.8 Å². The van der Waals surface area contributed by atoms with Crippen molar-refractivity contribution in [3.05, 3.63) is 29.6 Å². The van der Waals surface area contributed by atoms with Crippen LogP contribution in [0.25, 0.3) is 0 Å². The van der Waals surface area contributed by atoms with Crippen molar-refractivity contribution in [1.82, 2.24) is 9.88 Å². The minimum atomic E-state index is -1.53. The van der Waals surface area contributed by atoms with Crippen molar-refractivity contribution in [2.24, 2.45) is 5.92 Å². The molecule has 3 rings (SSSR count). The summed E-state index contributed by atoms with van der Waals surface area (Å²) in [5, 5.41) is 19.2. The number of esters is 1.